The minimum absolute atomic E-state index is 0.575. The molecule has 0 radical (unpaired) electrons. The Hall–Kier alpha value is -1.08. The number of nitrogens with two attached hydrogens (primary N) is 1. The van der Waals surface area contributed by atoms with E-state index in [1.807, 2.05) is 0 Å². The van der Waals surface area contributed by atoms with Crippen molar-refractivity contribution in [3.63, 3.8) is 0 Å². The van der Waals surface area contributed by atoms with Crippen molar-refractivity contribution in [1.29, 1.82) is 0 Å². The molecule has 2 atom stereocenters. The van der Waals surface area contributed by atoms with Crippen molar-refractivity contribution in [2.75, 3.05) is 6.54 Å². The molecule has 3 rings (SSSR count). The molecule has 2 N–H and O–H groups in total. The summed E-state index contributed by atoms with van der Waals surface area (Å²) in [7, 11) is 0. The highest BCUT2D eigenvalue weighted by molar-refractivity contribution is 5.48. The van der Waals surface area contributed by atoms with E-state index in [2.05, 4.69) is 47.8 Å². The molecular formula is C16H22N+. The van der Waals surface area contributed by atoms with Crippen LogP contribution in [0, 0.1) is 5.92 Å². The average Bonchev–Trinajstić information content (AvgIpc) is 2.89. The van der Waals surface area contributed by atoms with Gasteiger partial charge >= 0.3 is 0 Å². The standard InChI is InChI=1S/C16H21N/c1-2-6-14(7-3-1)8-4-11-16-12-5-9-15(16)10-13-17-16/h1-4,6-8,15,17H,5,9-13H2/p+1/b8-4+/t15-,16-/m1/s1. The Bertz CT molecular complexity index is 383. The van der Waals surface area contributed by atoms with Crippen LogP contribution in [0.5, 0.6) is 0 Å². The van der Waals surface area contributed by atoms with Gasteiger partial charge in [0.15, 0.2) is 0 Å². The smallest absolute Gasteiger partial charge is 0.103 e. The van der Waals surface area contributed by atoms with Crippen LogP contribution in [0.4, 0.5) is 0 Å². The molecule has 1 heteroatoms. The second kappa shape index (κ2) is 4.66. The molecule has 1 aliphatic heterocycles. The van der Waals surface area contributed by atoms with Crippen LogP contribution < -0.4 is 5.32 Å². The lowest BCUT2D eigenvalue weighted by molar-refractivity contribution is -0.709. The largest absolute Gasteiger partial charge is 0.341 e. The molecule has 0 spiro atoms. The summed E-state index contributed by atoms with van der Waals surface area (Å²) in [5, 5.41) is 2.62. The molecule has 1 heterocycles. The summed E-state index contributed by atoms with van der Waals surface area (Å²) >= 11 is 0. The lowest BCUT2D eigenvalue weighted by atomic mass is 9.85. The van der Waals surface area contributed by atoms with E-state index in [0.29, 0.717) is 5.54 Å². The molecule has 0 amide bonds. The topological polar surface area (TPSA) is 16.6 Å². The fourth-order valence-corrected chi connectivity index (χ4v) is 3.77. The van der Waals surface area contributed by atoms with Crippen molar-refractivity contribution in [3.05, 3.63) is 42.0 Å². The molecule has 1 aromatic rings. The molecule has 2 aliphatic rings. The molecule has 17 heavy (non-hydrogen) atoms. The second-order valence-corrected chi connectivity index (χ2v) is 5.62. The monoisotopic (exact) mass is 228 g/mol. The Morgan fingerprint density at radius 2 is 2.12 bits per heavy atom. The third kappa shape index (κ3) is 2.16. The van der Waals surface area contributed by atoms with Crippen LogP contribution in [0.1, 0.15) is 37.7 Å². The number of quaternary nitrogens is 1. The van der Waals surface area contributed by atoms with Gasteiger partial charge in [0.2, 0.25) is 0 Å². The number of hydrogen-bond acceptors (Lipinski definition) is 0. The van der Waals surface area contributed by atoms with E-state index >= 15 is 0 Å². The van der Waals surface area contributed by atoms with Gasteiger partial charge in [-0.3, -0.25) is 0 Å². The fraction of sp³-hybridized carbons (Fsp3) is 0.500. The molecule has 0 unspecified atom stereocenters. The van der Waals surface area contributed by atoms with Gasteiger partial charge in [0.25, 0.3) is 0 Å². The number of hydrogen-bond donors (Lipinski definition) is 1. The van der Waals surface area contributed by atoms with Gasteiger partial charge in [0.05, 0.1) is 6.54 Å². The van der Waals surface area contributed by atoms with Gasteiger partial charge in [-0.2, -0.15) is 0 Å². The zero-order chi connectivity index (χ0) is 11.6. The normalized spacial score (nSPS) is 32.1. The molecule has 2 fully saturated rings. The summed E-state index contributed by atoms with van der Waals surface area (Å²) in [5.41, 5.74) is 1.90. The molecule has 90 valence electrons. The SMILES string of the molecule is C(=C\c1ccccc1)/C[C@@]12CCC[C@@H]1CC[NH2+]2. The first-order valence-corrected chi connectivity index (χ1v) is 6.95. The Kier molecular flexibility index (Phi) is 3.02. The van der Waals surface area contributed by atoms with Crippen molar-refractivity contribution in [1.82, 2.24) is 0 Å². The summed E-state index contributed by atoms with van der Waals surface area (Å²) in [6.45, 7) is 1.35. The number of fused-ring (bicyclic) bond motifs is 1. The van der Waals surface area contributed by atoms with Crippen LogP contribution in [0.15, 0.2) is 36.4 Å². The lowest BCUT2D eigenvalue weighted by Crippen LogP contribution is -2.93. The summed E-state index contributed by atoms with van der Waals surface area (Å²) < 4.78 is 0. The molecular weight excluding hydrogens is 206 g/mol. The van der Waals surface area contributed by atoms with Crippen molar-refractivity contribution in [3.8, 4) is 0 Å². The molecule has 1 aliphatic carbocycles. The van der Waals surface area contributed by atoms with Crippen LogP contribution in [-0.4, -0.2) is 12.1 Å². The van der Waals surface area contributed by atoms with Crippen LogP contribution >= 0.6 is 0 Å². The van der Waals surface area contributed by atoms with Crippen LogP contribution in [0.25, 0.3) is 6.08 Å². The maximum Gasteiger partial charge on any atom is 0.103 e. The maximum absolute atomic E-state index is 2.62. The molecule has 1 saturated heterocycles. The van der Waals surface area contributed by atoms with E-state index in [1.54, 1.807) is 0 Å². The van der Waals surface area contributed by atoms with Gasteiger partial charge in [-0.05, 0) is 18.4 Å². The van der Waals surface area contributed by atoms with Crippen LogP contribution in [0.2, 0.25) is 0 Å². The van der Waals surface area contributed by atoms with Gasteiger partial charge < -0.3 is 5.32 Å². The van der Waals surface area contributed by atoms with E-state index in [1.165, 1.54) is 44.2 Å². The van der Waals surface area contributed by atoms with E-state index in [4.69, 9.17) is 0 Å². The highest BCUT2D eigenvalue weighted by Gasteiger charge is 2.48. The summed E-state index contributed by atoms with van der Waals surface area (Å²) in [5.74, 6) is 0.989. The van der Waals surface area contributed by atoms with Crippen LogP contribution in [-0.2, 0) is 0 Å². The molecule has 1 aromatic carbocycles. The summed E-state index contributed by atoms with van der Waals surface area (Å²) in [6, 6.07) is 10.7. The Morgan fingerprint density at radius 1 is 1.24 bits per heavy atom. The first-order chi connectivity index (χ1) is 8.39. The first-order valence-electron chi connectivity index (χ1n) is 6.95. The average molecular weight is 228 g/mol. The number of rotatable bonds is 3. The third-order valence-electron chi connectivity index (χ3n) is 4.68. The predicted octanol–water partition coefficient (Wildman–Crippen LogP) is 2.60. The van der Waals surface area contributed by atoms with Gasteiger partial charge in [0.1, 0.15) is 5.54 Å². The Balaban J connectivity index is 1.66. The number of benzene rings is 1. The van der Waals surface area contributed by atoms with E-state index in [-0.39, 0.29) is 0 Å². The fourth-order valence-electron chi connectivity index (χ4n) is 3.77. The molecule has 1 saturated carbocycles. The molecule has 0 aromatic heterocycles. The highest BCUT2D eigenvalue weighted by atomic mass is 15.0. The minimum Gasteiger partial charge on any atom is -0.341 e. The zero-order valence-electron chi connectivity index (χ0n) is 10.4. The van der Waals surface area contributed by atoms with E-state index < -0.39 is 0 Å². The zero-order valence-corrected chi connectivity index (χ0v) is 10.4. The van der Waals surface area contributed by atoms with Crippen molar-refractivity contribution < 1.29 is 5.32 Å². The summed E-state index contributed by atoms with van der Waals surface area (Å²) in [6.07, 6.45) is 11.7. The van der Waals surface area contributed by atoms with Gasteiger partial charge in [-0.25, -0.2) is 0 Å². The Labute approximate surface area is 104 Å². The molecule has 0 bridgehead atoms. The van der Waals surface area contributed by atoms with Gasteiger partial charge in [-0.1, -0.05) is 42.5 Å². The highest BCUT2D eigenvalue weighted by Crippen LogP contribution is 2.39. The van der Waals surface area contributed by atoms with Gasteiger partial charge in [0, 0.05) is 25.2 Å². The second-order valence-electron chi connectivity index (χ2n) is 5.62. The Morgan fingerprint density at radius 3 is 3.00 bits per heavy atom. The van der Waals surface area contributed by atoms with Crippen molar-refractivity contribution in [2.45, 2.75) is 37.6 Å². The van der Waals surface area contributed by atoms with Crippen molar-refractivity contribution >= 4 is 6.08 Å². The van der Waals surface area contributed by atoms with Crippen molar-refractivity contribution in [2.24, 2.45) is 5.92 Å². The third-order valence-corrected chi connectivity index (χ3v) is 4.68. The summed E-state index contributed by atoms with van der Waals surface area (Å²) in [4.78, 5) is 0. The first kappa shape index (κ1) is 11.0. The van der Waals surface area contributed by atoms with Crippen LogP contribution in [0.3, 0.4) is 0 Å². The minimum atomic E-state index is 0.575. The van der Waals surface area contributed by atoms with E-state index in [0.717, 1.165) is 5.92 Å². The van der Waals surface area contributed by atoms with E-state index in [9.17, 15) is 0 Å². The molecule has 1 nitrogen and oxygen atoms in total. The maximum atomic E-state index is 2.62. The predicted molar refractivity (Wildman–Crippen MR) is 71.6 cm³/mol. The van der Waals surface area contributed by atoms with Gasteiger partial charge in [-0.15, -0.1) is 0 Å². The lowest BCUT2D eigenvalue weighted by Gasteiger charge is -2.24. The quantitative estimate of drug-likeness (QED) is 0.819.